The number of likely N-dealkylation sites (tertiary alicyclic amines) is 1. The zero-order valence-corrected chi connectivity index (χ0v) is 17.9. The van der Waals surface area contributed by atoms with E-state index in [0.29, 0.717) is 37.4 Å². The minimum absolute atomic E-state index is 0.0404. The Morgan fingerprint density at radius 2 is 1.90 bits per heavy atom. The zero-order valence-electron chi connectivity index (χ0n) is 16.4. The first-order valence-electron chi connectivity index (χ1n) is 9.54. The first-order valence-corrected chi connectivity index (χ1v) is 10.9. The third-order valence-electron chi connectivity index (χ3n) is 5.45. The summed E-state index contributed by atoms with van der Waals surface area (Å²) in [5, 5.41) is 2.72. The molecule has 3 amide bonds. The van der Waals surface area contributed by atoms with Crippen LogP contribution in [-0.4, -0.2) is 47.7 Å². The number of amides is 3. The Morgan fingerprint density at radius 3 is 2.53 bits per heavy atom. The van der Waals surface area contributed by atoms with Crippen molar-refractivity contribution in [1.82, 2.24) is 4.90 Å². The van der Waals surface area contributed by atoms with E-state index >= 15 is 0 Å². The number of hydrogen-bond donors (Lipinski definition) is 1. The summed E-state index contributed by atoms with van der Waals surface area (Å²) in [5.74, 6) is 0.700. The molecule has 0 aliphatic carbocycles. The molecule has 2 fully saturated rings. The molecule has 2 heterocycles. The molecule has 0 unspecified atom stereocenters. The Kier molecular flexibility index (Phi) is 5.79. The van der Waals surface area contributed by atoms with Crippen LogP contribution in [0.3, 0.4) is 0 Å². The Bertz CT molecular complexity index is 964. The molecule has 4 rings (SSSR count). The highest BCUT2D eigenvalue weighted by Crippen LogP contribution is 2.47. The molecule has 1 spiro atoms. The quantitative estimate of drug-likeness (QED) is 0.744. The molecule has 9 heteroatoms. The van der Waals surface area contributed by atoms with Crippen LogP contribution in [0.4, 0.5) is 20.6 Å². The standard InChI is InChI=1S/C21H21ClFN3O3S/c1-29-16-5-3-15(4-6-16)26-19(27)13-30-21(26)8-10-25(11-9-21)20(28)24-14-2-7-18(23)17(22)12-14/h2-7,12H,8-11,13H2,1H3,(H,24,28). The van der Waals surface area contributed by atoms with Gasteiger partial charge in [0.25, 0.3) is 0 Å². The van der Waals surface area contributed by atoms with E-state index in [2.05, 4.69) is 5.32 Å². The van der Waals surface area contributed by atoms with Gasteiger partial charge in [-0.25, -0.2) is 9.18 Å². The van der Waals surface area contributed by atoms with Gasteiger partial charge in [0.15, 0.2) is 0 Å². The van der Waals surface area contributed by atoms with Crippen molar-refractivity contribution in [3.8, 4) is 5.75 Å². The van der Waals surface area contributed by atoms with Crippen LogP contribution in [0.25, 0.3) is 0 Å². The number of anilines is 2. The van der Waals surface area contributed by atoms with Gasteiger partial charge in [-0.05, 0) is 55.3 Å². The number of urea groups is 1. The first-order chi connectivity index (χ1) is 14.4. The maximum atomic E-state index is 13.3. The second-order valence-electron chi connectivity index (χ2n) is 7.21. The van der Waals surface area contributed by atoms with Crippen LogP contribution in [0.2, 0.25) is 5.02 Å². The predicted octanol–water partition coefficient (Wildman–Crippen LogP) is 4.59. The lowest BCUT2D eigenvalue weighted by molar-refractivity contribution is -0.116. The zero-order chi connectivity index (χ0) is 21.3. The second-order valence-corrected chi connectivity index (χ2v) is 8.95. The lowest BCUT2D eigenvalue weighted by Crippen LogP contribution is -2.53. The lowest BCUT2D eigenvalue weighted by atomic mass is 10.0. The van der Waals surface area contributed by atoms with E-state index in [9.17, 15) is 14.0 Å². The maximum absolute atomic E-state index is 13.3. The number of carbonyl (C=O) groups is 2. The largest absolute Gasteiger partial charge is 0.497 e. The van der Waals surface area contributed by atoms with Crippen molar-refractivity contribution in [3.63, 3.8) is 0 Å². The Balaban J connectivity index is 1.44. The maximum Gasteiger partial charge on any atom is 0.321 e. The van der Waals surface area contributed by atoms with E-state index < -0.39 is 5.82 Å². The number of carbonyl (C=O) groups excluding carboxylic acids is 2. The van der Waals surface area contributed by atoms with Crippen molar-refractivity contribution >= 4 is 46.7 Å². The lowest BCUT2D eigenvalue weighted by Gasteiger charge is -2.43. The molecule has 2 aliphatic heterocycles. The molecule has 6 nitrogen and oxygen atoms in total. The topological polar surface area (TPSA) is 61.9 Å². The van der Waals surface area contributed by atoms with Crippen LogP contribution in [0.1, 0.15) is 12.8 Å². The molecule has 30 heavy (non-hydrogen) atoms. The van der Waals surface area contributed by atoms with Gasteiger partial charge >= 0.3 is 6.03 Å². The molecule has 2 aliphatic rings. The molecular weight excluding hydrogens is 429 g/mol. The van der Waals surface area contributed by atoms with Gasteiger partial charge in [-0.1, -0.05) is 11.6 Å². The fourth-order valence-electron chi connectivity index (χ4n) is 3.87. The highest BCUT2D eigenvalue weighted by molar-refractivity contribution is 8.02. The Labute approximate surface area is 183 Å². The average Bonchev–Trinajstić information content (AvgIpc) is 3.07. The van der Waals surface area contributed by atoms with Crippen molar-refractivity contribution in [2.75, 3.05) is 36.2 Å². The van der Waals surface area contributed by atoms with E-state index in [0.717, 1.165) is 11.4 Å². The van der Waals surface area contributed by atoms with Crippen LogP contribution >= 0.6 is 23.4 Å². The van der Waals surface area contributed by atoms with E-state index in [1.165, 1.54) is 18.2 Å². The molecule has 0 saturated carbocycles. The second kappa shape index (κ2) is 8.35. The highest BCUT2D eigenvalue weighted by Gasteiger charge is 2.49. The van der Waals surface area contributed by atoms with Crippen LogP contribution in [0, 0.1) is 5.82 Å². The molecule has 0 aromatic heterocycles. The molecule has 0 bridgehead atoms. The highest BCUT2D eigenvalue weighted by atomic mass is 35.5. The van der Waals surface area contributed by atoms with Gasteiger partial charge in [0.1, 0.15) is 11.6 Å². The Morgan fingerprint density at radius 1 is 1.20 bits per heavy atom. The molecule has 0 radical (unpaired) electrons. The van der Waals surface area contributed by atoms with Gasteiger partial charge in [0.2, 0.25) is 5.91 Å². The summed E-state index contributed by atoms with van der Waals surface area (Å²) < 4.78 is 18.5. The fraction of sp³-hybridized carbons (Fsp3) is 0.333. The number of benzene rings is 2. The van der Waals surface area contributed by atoms with Crippen LogP contribution in [0.15, 0.2) is 42.5 Å². The average molecular weight is 450 g/mol. The summed E-state index contributed by atoms with van der Waals surface area (Å²) in [6, 6.07) is 11.3. The molecule has 0 atom stereocenters. The van der Waals surface area contributed by atoms with E-state index in [1.807, 2.05) is 29.2 Å². The number of methoxy groups -OCH3 is 1. The summed E-state index contributed by atoms with van der Waals surface area (Å²) in [5.41, 5.74) is 1.28. The van der Waals surface area contributed by atoms with Gasteiger partial charge in [0.05, 0.1) is 22.8 Å². The molecule has 2 aromatic carbocycles. The number of ether oxygens (including phenoxy) is 1. The summed E-state index contributed by atoms with van der Waals surface area (Å²) in [6.45, 7) is 1.02. The third-order valence-corrected chi connectivity index (χ3v) is 7.26. The summed E-state index contributed by atoms with van der Waals surface area (Å²) in [7, 11) is 1.61. The summed E-state index contributed by atoms with van der Waals surface area (Å²) in [4.78, 5) is 28.5. The van der Waals surface area contributed by atoms with Crippen molar-refractivity contribution in [3.05, 3.63) is 53.3 Å². The minimum Gasteiger partial charge on any atom is -0.497 e. The summed E-state index contributed by atoms with van der Waals surface area (Å²) >= 11 is 7.42. The number of thioether (sulfide) groups is 1. The Hall–Kier alpha value is -2.45. The van der Waals surface area contributed by atoms with Crippen molar-refractivity contribution < 1.29 is 18.7 Å². The van der Waals surface area contributed by atoms with Gasteiger partial charge in [-0.15, -0.1) is 11.8 Å². The number of piperidine rings is 1. The van der Waals surface area contributed by atoms with E-state index in [-0.39, 0.29) is 21.8 Å². The number of rotatable bonds is 3. The summed E-state index contributed by atoms with van der Waals surface area (Å²) in [6.07, 6.45) is 1.32. The molecule has 158 valence electrons. The fourth-order valence-corrected chi connectivity index (χ4v) is 5.38. The molecule has 1 N–H and O–H groups in total. The smallest absolute Gasteiger partial charge is 0.321 e. The van der Waals surface area contributed by atoms with Gasteiger partial charge < -0.3 is 15.0 Å². The van der Waals surface area contributed by atoms with Gasteiger partial charge in [0, 0.05) is 24.5 Å². The molecule has 2 saturated heterocycles. The van der Waals surface area contributed by atoms with Crippen molar-refractivity contribution in [2.24, 2.45) is 0 Å². The number of halogens is 2. The van der Waals surface area contributed by atoms with Crippen LogP contribution in [0.5, 0.6) is 5.75 Å². The van der Waals surface area contributed by atoms with Crippen LogP contribution in [-0.2, 0) is 4.79 Å². The van der Waals surface area contributed by atoms with Gasteiger partial charge in [-0.3, -0.25) is 9.69 Å². The first kappa shape index (κ1) is 20.8. The number of nitrogens with one attached hydrogen (secondary N) is 1. The molecule has 2 aromatic rings. The molecular formula is C21H21ClFN3O3S. The van der Waals surface area contributed by atoms with Crippen LogP contribution < -0.4 is 15.0 Å². The van der Waals surface area contributed by atoms with E-state index in [1.54, 1.807) is 23.8 Å². The monoisotopic (exact) mass is 449 g/mol. The van der Waals surface area contributed by atoms with Gasteiger partial charge in [-0.2, -0.15) is 0 Å². The van der Waals surface area contributed by atoms with Crippen molar-refractivity contribution in [1.29, 1.82) is 0 Å². The number of nitrogens with zero attached hydrogens (tertiary/aromatic N) is 2. The number of hydrogen-bond acceptors (Lipinski definition) is 4. The third kappa shape index (κ3) is 3.94. The van der Waals surface area contributed by atoms with Crippen molar-refractivity contribution in [2.45, 2.75) is 17.7 Å². The predicted molar refractivity (Wildman–Crippen MR) is 117 cm³/mol. The normalized spacial score (nSPS) is 18.0. The minimum atomic E-state index is -0.531. The SMILES string of the molecule is COc1ccc(N2C(=O)CSC23CCN(C(=O)Nc2ccc(F)c(Cl)c2)CC3)cc1. The van der Waals surface area contributed by atoms with E-state index in [4.69, 9.17) is 16.3 Å².